The van der Waals surface area contributed by atoms with E-state index in [1.807, 2.05) is 0 Å². The van der Waals surface area contributed by atoms with Gasteiger partial charge in [0.1, 0.15) is 0 Å². The van der Waals surface area contributed by atoms with Crippen LogP contribution < -0.4 is 0 Å². The minimum atomic E-state index is -0.0235. The van der Waals surface area contributed by atoms with Crippen LogP contribution in [0.2, 0.25) is 0 Å². The molecule has 0 fully saturated rings. The van der Waals surface area contributed by atoms with Crippen LogP contribution in [-0.4, -0.2) is 52.9 Å². The van der Waals surface area contributed by atoms with Crippen molar-refractivity contribution in [2.75, 3.05) is 40.6 Å². The molecule has 0 saturated carbocycles. The molecule has 0 amide bonds. The minimum Gasteiger partial charge on any atom is -0.384 e. The first kappa shape index (κ1) is 32.8. The van der Waals surface area contributed by atoms with Crippen LogP contribution in [0.25, 0.3) is 11.1 Å². The molecule has 0 N–H and O–H groups in total. The molecular formula is C33H48Br2O4. The molecule has 0 heterocycles. The average Bonchev–Trinajstić information content (AvgIpc) is 3.15. The summed E-state index contributed by atoms with van der Waals surface area (Å²) < 4.78 is 25.2. The third kappa shape index (κ3) is 9.11. The zero-order chi connectivity index (χ0) is 28.4. The lowest BCUT2D eigenvalue weighted by Gasteiger charge is -2.34. The Morgan fingerprint density at radius 1 is 0.641 bits per heavy atom. The van der Waals surface area contributed by atoms with Gasteiger partial charge < -0.3 is 18.9 Å². The monoisotopic (exact) mass is 666 g/mol. The predicted octanol–water partition coefficient (Wildman–Crippen LogP) is 9.19. The normalized spacial score (nSPS) is 16.9. The van der Waals surface area contributed by atoms with Crippen molar-refractivity contribution in [1.82, 2.24) is 0 Å². The van der Waals surface area contributed by atoms with Crippen molar-refractivity contribution in [3.63, 3.8) is 0 Å². The summed E-state index contributed by atoms with van der Waals surface area (Å²) in [5, 5.41) is 0. The number of rotatable bonds is 18. The molecule has 0 saturated heterocycles. The molecule has 39 heavy (non-hydrogen) atoms. The molecule has 1 aliphatic carbocycles. The standard InChI is InChI=1S/C33H48Br2O4/c1-23(19-36-5)21-38-25(3)9-7-15-33(16-8-10-26(4)39-22-24(2)20-37-6)31-17-27(34)11-13-29(31)30-14-12-28(35)18-32(30)33/h11-14,17-18,23-26H,7-10,15-16,19-22H2,1-6H3. The zero-order valence-electron chi connectivity index (χ0n) is 24.7. The Morgan fingerprint density at radius 2 is 1.05 bits per heavy atom. The molecule has 0 aromatic heterocycles. The Bertz CT molecular complexity index is 945. The van der Waals surface area contributed by atoms with Crippen LogP contribution in [-0.2, 0) is 24.4 Å². The van der Waals surface area contributed by atoms with E-state index >= 15 is 0 Å². The van der Waals surface area contributed by atoms with Gasteiger partial charge in [-0.3, -0.25) is 0 Å². The Hall–Kier alpha value is -0.760. The highest BCUT2D eigenvalue weighted by molar-refractivity contribution is 9.10. The number of halogens is 2. The number of fused-ring (bicyclic) bond motifs is 3. The molecule has 4 nitrogen and oxygen atoms in total. The van der Waals surface area contributed by atoms with E-state index in [1.165, 1.54) is 22.3 Å². The van der Waals surface area contributed by atoms with Gasteiger partial charge in [0.2, 0.25) is 0 Å². The number of benzene rings is 2. The maximum Gasteiger partial charge on any atom is 0.0547 e. The summed E-state index contributed by atoms with van der Waals surface area (Å²) in [6.07, 6.45) is 6.97. The van der Waals surface area contributed by atoms with E-state index in [1.54, 1.807) is 14.2 Å². The summed E-state index contributed by atoms with van der Waals surface area (Å²) in [6, 6.07) is 13.7. The van der Waals surface area contributed by atoms with Gasteiger partial charge in [0.05, 0.1) is 38.6 Å². The van der Waals surface area contributed by atoms with Crippen molar-refractivity contribution >= 4 is 31.9 Å². The topological polar surface area (TPSA) is 36.9 Å². The van der Waals surface area contributed by atoms with Crippen molar-refractivity contribution in [2.45, 2.75) is 83.8 Å². The van der Waals surface area contributed by atoms with E-state index in [0.717, 1.165) is 73.9 Å². The van der Waals surface area contributed by atoms with Crippen molar-refractivity contribution in [3.05, 3.63) is 56.5 Å². The molecule has 2 aromatic carbocycles. The van der Waals surface area contributed by atoms with Crippen LogP contribution in [0.15, 0.2) is 45.3 Å². The molecule has 1 aliphatic rings. The summed E-state index contributed by atoms with van der Waals surface area (Å²) in [5.41, 5.74) is 5.63. The van der Waals surface area contributed by atoms with Crippen LogP contribution in [0.4, 0.5) is 0 Å². The first-order valence-electron chi connectivity index (χ1n) is 14.5. The molecule has 4 atom stereocenters. The maximum atomic E-state index is 6.19. The number of ether oxygens (including phenoxy) is 4. The molecule has 0 bridgehead atoms. The predicted molar refractivity (Wildman–Crippen MR) is 169 cm³/mol. The molecule has 0 radical (unpaired) electrons. The Morgan fingerprint density at radius 3 is 1.44 bits per heavy atom. The van der Waals surface area contributed by atoms with Crippen LogP contribution in [0, 0.1) is 11.8 Å². The summed E-state index contributed by atoms with van der Waals surface area (Å²) >= 11 is 7.56. The average molecular weight is 669 g/mol. The zero-order valence-corrected chi connectivity index (χ0v) is 27.9. The van der Waals surface area contributed by atoms with Crippen molar-refractivity contribution in [1.29, 1.82) is 0 Å². The van der Waals surface area contributed by atoms with Crippen LogP contribution in [0.5, 0.6) is 0 Å². The third-order valence-corrected chi connectivity index (χ3v) is 8.93. The fraction of sp³-hybridized carbons (Fsp3) is 0.636. The van der Waals surface area contributed by atoms with E-state index in [0.29, 0.717) is 11.8 Å². The van der Waals surface area contributed by atoms with Gasteiger partial charge in [-0.05, 0) is 98.9 Å². The van der Waals surface area contributed by atoms with E-state index in [9.17, 15) is 0 Å². The van der Waals surface area contributed by atoms with Crippen LogP contribution in [0.3, 0.4) is 0 Å². The fourth-order valence-corrected chi connectivity index (χ4v) is 6.70. The summed E-state index contributed by atoms with van der Waals surface area (Å²) in [7, 11) is 3.50. The van der Waals surface area contributed by atoms with Gasteiger partial charge in [-0.1, -0.05) is 57.8 Å². The molecular weight excluding hydrogens is 620 g/mol. The van der Waals surface area contributed by atoms with Gasteiger partial charge in [-0.25, -0.2) is 0 Å². The van der Waals surface area contributed by atoms with Gasteiger partial charge in [0, 0.05) is 40.4 Å². The van der Waals surface area contributed by atoms with Crippen molar-refractivity contribution in [2.24, 2.45) is 11.8 Å². The van der Waals surface area contributed by atoms with E-state index in [-0.39, 0.29) is 17.6 Å². The molecule has 218 valence electrons. The maximum absolute atomic E-state index is 6.19. The lowest BCUT2D eigenvalue weighted by atomic mass is 9.70. The lowest BCUT2D eigenvalue weighted by Crippen LogP contribution is -2.27. The van der Waals surface area contributed by atoms with Gasteiger partial charge in [-0.15, -0.1) is 0 Å². The molecule has 4 unspecified atom stereocenters. The molecule has 0 aliphatic heterocycles. The van der Waals surface area contributed by atoms with Gasteiger partial charge in [0.15, 0.2) is 0 Å². The summed E-state index contributed by atoms with van der Waals surface area (Å²) in [4.78, 5) is 0. The van der Waals surface area contributed by atoms with Crippen molar-refractivity contribution < 1.29 is 18.9 Å². The van der Waals surface area contributed by atoms with Gasteiger partial charge in [-0.2, -0.15) is 0 Å². The van der Waals surface area contributed by atoms with E-state index in [2.05, 4.69) is 96.0 Å². The van der Waals surface area contributed by atoms with Crippen LogP contribution in [0.1, 0.15) is 77.3 Å². The van der Waals surface area contributed by atoms with E-state index < -0.39 is 0 Å². The highest BCUT2D eigenvalue weighted by atomic mass is 79.9. The Labute approximate surface area is 253 Å². The van der Waals surface area contributed by atoms with E-state index in [4.69, 9.17) is 18.9 Å². The smallest absolute Gasteiger partial charge is 0.0547 e. The first-order chi connectivity index (χ1) is 18.7. The third-order valence-electron chi connectivity index (χ3n) is 7.95. The van der Waals surface area contributed by atoms with Gasteiger partial charge >= 0.3 is 0 Å². The molecule has 2 aromatic rings. The summed E-state index contributed by atoms with van der Waals surface area (Å²) in [5.74, 6) is 0.822. The highest BCUT2D eigenvalue weighted by Crippen LogP contribution is 2.55. The van der Waals surface area contributed by atoms with Crippen LogP contribution >= 0.6 is 31.9 Å². The van der Waals surface area contributed by atoms with Crippen molar-refractivity contribution in [3.8, 4) is 11.1 Å². The largest absolute Gasteiger partial charge is 0.384 e. The Balaban J connectivity index is 1.77. The second kappa shape index (κ2) is 16.0. The first-order valence-corrected chi connectivity index (χ1v) is 16.1. The second-order valence-corrected chi connectivity index (χ2v) is 13.5. The highest BCUT2D eigenvalue weighted by Gasteiger charge is 2.42. The molecule has 3 rings (SSSR count). The lowest BCUT2D eigenvalue weighted by molar-refractivity contribution is 0.0155. The minimum absolute atomic E-state index is 0.0235. The second-order valence-electron chi connectivity index (χ2n) is 11.7. The SMILES string of the molecule is COCC(C)COC(C)CCCC1(CCCC(C)OCC(C)COC)c2cc(Br)ccc2-c2ccc(Br)cc21. The molecule has 0 spiro atoms. The fourth-order valence-electron chi connectivity index (χ4n) is 5.97. The quantitative estimate of drug-likeness (QED) is 0.159. The number of methoxy groups -OCH3 is 2. The Kier molecular flexibility index (Phi) is 13.5. The van der Waals surface area contributed by atoms with Gasteiger partial charge in [0.25, 0.3) is 0 Å². The number of hydrogen-bond acceptors (Lipinski definition) is 4. The number of hydrogen-bond donors (Lipinski definition) is 0. The summed E-state index contributed by atoms with van der Waals surface area (Å²) in [6.45, 7) is 11.7. The molecule has 6 heteroatoms.